The van der Waals surface area contributed by atoms with Gasteiger partial charge in [-0.15, -0.1) is 0 Å². The number of nitrogens with zero attached hydrogens (tertiary/aromatic N) is 1. The number of benzene rings is 2. The van der Waals surface area contributed by atoms with Gasteiger partial charge in [-0.1, -0.05) is 37.3 Å². The van der Waals surface area contributed by atoms with E-state index in [1.165, 1.54) is 6.92 Å². The smallest absolute Gasteiger partial charge is 0.240 e. The van der Waals surface area contributed by atoms with Gasteiger partial charge in [-0.2, -0.15) is 0 Å². The van der Waals surface area contributed by atoms with Gasteiger partial charge in [-0.3, -0.25) is 4.79 Å². The zero-order chi connectivity index (χ0) is 18.4. The van der Waals surface area contributed by atoms with Gasteiger partial charge in [0.25, 0.3) is 0 Å². The first-order valence-electron chi connectivity index (χ1n) is 8.27. The van der Waals surface area contributed by atoms with Crippen molar-refractivity contribution in [3.8, 4) is 0 Å². The minimum absolute atomic E-state index is 0.124. The number of carbonyl (C=O) groups is 1. The van der Waals surface area contributed by atoms with Crippen LogP contribution in [0.2, 0.25) is 0 Å². The maximum Gasteiger partial charge on any atom is 0.240 e. The monoisotopic (exact) mass is 360 g/mol. The van der Waals surface area contributed by atoms with Crippen molar-refractivity contribution in [2.24, 2.45) is 0 Å². The molecule has 0 fully saturated rings. The molecular formula is C19H24N2O3S. The maximum absolute atomic E-state index is 12.4. The van der Waals surface area contributed by atoms with E-state index in [2.05, 4.69) is 4.72 Å². The van der Waals surface area contributed by atoms with E-state index in [4.69, 9.17) is 0 Å². The minimum Gasteiger partial charge on any atom is -0.311 e. The number of rotatable bonds is 7. The molecule has 0 aliphatic carbocycles. The number of para-hydroxylation sites is 1. The van der Waals surface area contributed by atoms with Gasteiger partial charge in [0.1, 0.15) is 0 Å². The highest BCUT2D eigenvalue weighted by molar-refractivity contribution is 7.89. The summed E-state index contributed by atoms with van der Waals surface area (Å²) in [4.78, 5) is 13.8. The van der Waals surface area contributed by atoms with Crippen LogP contribution >= 0.6 is 0 Å². The third-order valence-electron chi connectivity index (χ3n) is 4.06. The Balaban J connectivity index is 2.06. The van der Waals surface area contributed by atoms with Gasteiger partial charge in [-0.25, -0.2) is 13.1 Å². The number of amides is 1. The van der Waals surface area contributed by atoms with Crippen molar-refractivity contribution in [2.75, 3.05) is 18.0 Å². The van der Waals surface area contributed by atoms with Crippen LogP contribution in [-0.2, 0) is 21.2 Å². The van der Waals surface area contributed by atoms with Crippen LogP contribution < -0.4 is 9.62 Å². The molecule has 0 bridgehead atoms. The van der Waals surface area contributed by atoms with Crippen LogP contribution in [0, 0.1) is 6.92 Å². The van der Waals surface area contributed by atoms with Gasteiger partial charge in [0, 0.05) is 25.7 Å². The fraction of sp³-hybridized carbons (Fsp3) is 0.316. The molecule has 0 radical (unpaired) electrons. The van der Waals surface area contributed by atoms with E-state index in [0.29, 0.717) is 0 Å². The van der Waals surface area contributed by atoms with Crippen LogP contribution in [-0.4, -0.2) is 27.4 Å². The Kier molecular flexibility index (Phi) is 6.33. The standard InChI is InChI=1S/C19H24N2O3S/c1-4-17-9-11-18(12-10-17)25(23,24)20-13-14-21(16(3)22)19-8-6-5-7-15(19)2/h5-12,20H,4,13-14H2,1-3H3. The van der Waals surface area contributed by atoms with Gasteiger partial charge in [-0.05, 0) is 42.7 Å². The maximum atomic E-state index is 12.4. The van der Waals surface area contributed by atoms with Crippen molar-refractivity contribution >= 4 is 21.6 Å². The number of aryl methyl sites for hydroxylation is 2. The molecule has 5 nitrogen and oxygen atoms in total. The van der Waals surface area contributed by atoms with Gasteiger partial charge in [0.15, 0.2) is 0 Å². The number of hydrogen-bond acceptors (Lipinski definition) is 3. The molecule has 2 aromatic carbocycles. The molecule has 0 aromatic heterocycles. The normalized spacial score (nSPS) is 11.3. The topological polar surface area (TPSA) is 66.5 Å². The van der Waals surface area contributed by atoms with E-state index in [1.807, 2.05) is 50.2 Å². The first-order chi connectivity index (χ1) is 11.8. The SMILES string of the molecule is CCc1ccc(S(=O)(=O)NCCN(C(C)=O)c2ccccc2C)cc1. The summed E-state index contributed by atoms with van der Waals surface area (Å²) >= 11 is 0. The Morgan fingerprint density at radius 1 is 1.08 bits per heavy atom. The Morgan fingerprint density at radius 3 is 2.28 bits per heavy atom. The highest BCUT2D eigenvalue weighted by atomic mass is 32.2. The summed E-state index contributed by atoms with van der Waals surface area (Å²) in [7, 11) is -3.59. The van der Waals surface area contributed by atoms with Gasteiger partial charge in [0.2, 0.25) is 15.9 Å². The molecule has 0 heterocycles. The summed E-state index contributed by atoms with van der Waals surface area (Å²) in [6, 6.07) is 14.4. The first-order valence-corrected chi connectivity index (χ1v) is 9.76. The third-order valence-corrected chi connectivity index (χ3v) is 5.53. The van der Waals surface area contributed by atoms with Crippen molar-refractivity contribution in [3.63, 3.8) is 0 Å². The molecule has 0 aliphatic heterocycles. The molecule has 1 N–H and O–H groups in total. The molecular weight excluding hydrogens is 336 g/mol. The van der Waals surface area contributed by atoms with Crippen molar-refractivity contribution in [2.45, 2.75) is 32.1 Å². The number of hydrogen-bond donors (Lipinski definition) is 1. The second-order valence-corrected chi connectivity index (χ2v) is 7.62. The molecule has 0 saturated carbocycles. The fourth-order valence-corrected chi connectivity index (χ4v) is 3.61. The number of carbonyl (C=O) groups excluding carboxylic acids is 1. The summed E-state index contributed by atoms with van der Waals surface area (Å²) in [5, 5.41) is 0. The first kappa shape index (κ1) is 19.1. The Hall–Kier alpha value is -2.18. The van der Waals surface area contributed by atoms with Crippen LogP contribution in [0.5, 0.6) is 0 Å². The molecule has 0 atom stereocenters. The number of nitrogens with one attached hydrogen (secondary N) is 1. The molecule has 134 valence electrons. The number of anilines is 1. The predicted molar refractivity (Wildman–Crippen MR) is 100 cm³/mol. The van der Waals surface area contributed by atoms with E-state index < -0.39 is 10.0 Å². The minimum atomic E-state index is -3.59. The second-order valence-electron chi connectivity index (χ2n) is 5.85. The molecule has 0 saturated heterocycles. The van der Waals surface area contributed by atoms with Crippen LogP contribution in [0.1, 0.15) is 25.0 Å². The van der Waals surface area contributed by atoms with E-state index in [9.17, 15) is 13.2 Å². The number of sulfonamides is 1. The van der Waals surface area contributed by atoms with Gasteiger partial charge < -0.3 is 4.90 Å². The average molecular weight is 360 g/mol. The van der Waals surface area contributed by atoms with Crippen LogP contribution in [0.4, 0.5) is 5.69 Å². The lowest BCUT2D eigenvalue weighted by molar-refractivity contribution is -0.116. The zero-order valence-electron chi connectivity index (χ0n) is 14.8. The molecule has 2 rings (SSSR count). The van der Waals surface area contributed by atoms with Crippen LogP contribution in [0.3, 0.4) is 0 Å². The van der Waals surface area contributed by atoms with Gasteiger partial charge in [0.05, 0.1) is 4.90 Å². The summed E-state index contributed by atoms with van der Waals surface area (Å²) < 4.78 is 27.3. The summed E-state index contributed by atoms with van der Waals surface area (Å²) in [5.74, 6) is -0.124. The highest BCUT2D eigenvalue weighted by Gasteiger charge is 2.17. The molecule has 6 heteroatoms. The fourth-order valence-electron chi connectivity index (χ4n) is 2.59. The van der Waals surface area contributed by atoms with E-state index in [0.717, 1.165) is 23.2 Å². The van der Waals surface area contributed by atoms with Crippen LogP contribution in [0.25, 0.3) is 0 Å². The molecule has 0 unspecified atom stereocenters. The molecule has 0 spiro atoms. The molecule has 25 heavy (non-hydrogen) atoms. The second kappa shape index (κ2) is 8.27. The predicted octanol–water partition coefficient (Wildman–Crippen LogP) is 2.89. The average Bonchev–Trinajstić information content (AvgIpc) is 2.59. The molecule has 1 amide bonds. The highest BCUT2D eigenvalue weighted by Crippen LogP contribution is 2.19. The van der Waals surface area contributed by atoms with Crippen molar-refractivity contribution < 1.29 is 13.2 Å². The van der Waals surface area contributed by atoms with Crippen molar-refractivity contribution in [3.05, 3.63) is 59.7 Å². The van der Waals surface area contributed by atoms with Crippen molar-refractivity contribution in [1.29, 1.82) is 0 Å². The lowest BCUT2D eigenvalue weighted by Gasteiger charge is -2.23. The Labute approximate surface area is 149 Å². The third kappa shape index (κ3) is 4.90. The molecule has 0 aliphatic rings. The Bertz CT molecular complexity index is 830. The lowest BCUT2D eigenvalue weighted by atomic mass is 10.2. The lowest BCUT2D eigenvalue weighted by Crippen LogP contribution is -2.37. The van der Waals surface area contributed by atoms with E-state index in [1.54, 1.807) is 17.0 Å². The Morgan fingerprint density at radius 2 is 1.72 bits per heavy atom. The quantitative estimate of drug-likeness (QED) is 0.826. The van der Waals surface area contributed by atoms with Gasteiger partial charge >= 0.3 is 0 Å². The summed E-state index contributed by atoms with van der Waals surface area (Å²) in [6.07, 6.45) is 0.859. The van der Waals surface area contributed by atoms with Crippen molar-refractivity contribution in [1.82, 2.24) is 4.72 Å². The molecule has 2 aromatic rings. The van der Waals surface area contributed by atoms with E-state index in [-0.39, 0.29) is 23.9 Å². The largest absolute Gasteiger partial charge is 0.311 e. The van der Waals surface area contributed by atoms with E-state index >= 15 is 0 Å². The summed E-state index contributed by atoms with van der Waals surface area (Å²) in [5.41, 5.74) is 2.85. The summed E-state index contributed by atoms with van der Waals surface area (Å²) in [6.45, 7) is 5.83. The zero-order valence-corrected chi connectivity index (χ0v) is 15.6. The van der Waals surface area contributed by atoms with Crippen LogP contribution in [0.15, 0.2) is 53.4 Å².